The van der Waals surface area contributed by atoms with Gasteiger partial charge >= 0.3 is 0 Å². The quantitative estimate of drug-likeness (QED) is 0.886. The van der Waals surface area contributed by atoms with Gasteiger partial charge in [0.2, 0.25) is 0 Å². The summed E-state index contributed by atoms with van der Waals surface area (Å²) in [5.41, 5.74) is 1.33. The number of likely N-dealkylation sites (N-methyl/N-ethyl adjacent to an activating group) is 1. The van der Waals surface area contributed by atoms with Crippen LogP contribution in [0.1, 0.15) is 31.4 Å². The first-order valence-electron chi connectivity index (χ1n) is 6.36. The van der Waals surface area contributed by atoms with E-state index in [2.05, 4.69) is 36.3 Å². The fourth-order valence-electron chi connectivity index (χ4n) is 2.41. The molecule has 0 radical (unpaired) electrons. The maximum absolute atomic E-state index is 5.91. The van der Waals surface area contributed by atoms with Crippen molar-refractivity contribution in [2.75, 3.05) is 20.1 Å². The molecule has 0 aromatic heterocycles. The molecule has 0 spiro atoms. The number of halogens is 1. The molecular formula is C14H21ClN2. The van der Waals surface area contributed by atoms with E-state index in [0.29, 0.717) is 12.1 Å². The average molecular weight is 253 g/mol. The van der Waals surface area contributed by atoms with Crippen LogP contribution in [0.25, 0.3) is 0 Å². The monoisotopic (exact) mass is 252 g/mol. The maximum Gasteiger partial charge on any atom is 0.0406 e. The third-order valence-corrected chi connectivity index (χ3v) is 3.94. The van der Waals surface area contributed by atoms with Gasteiger partial charge in [0.1, 0.15) is 0 Å². The topological polar surface area (TPSA) is 15.3 Å². The molecule has 17 heavy (non-hydrogen) atoms. The highest BCUT2D eigenvalue weighted by atomic mass is 35.5. The van der Waals surface area contributed by atoms with Crippen molar-refractivity contribution in [3.8, 4) is 0 Å². The van der Waals surface area contributed by atoms with Crippen molar-refractivity contribution in [3.05, 3.63) is 34.9 Å². The molecule has 0 amide bonds. The van der Waals surface area contributed by atoms with E-state index in [-0.39, 0.29) is 0 Å². The smallest absolute Gasteiger partial charge is 0.0406 e. The van der Waals surface area contributed by atoms with Crippen LogP contribution in [-0.4, -0.2) is 31.1 Å². The van der Waals surface area contributed by atoms with Crippen molar-refractivity contribution in [1.29, 1.82) is 0 Å². The first kappa shape index (κ1) is 12.9. The highest BCUT2D eigenvalue weighted by molar-refractivity contribution is 6.30. The number of hydrogen-bond acceptors (Lipinski definition) is 2. The molecule has 94 valence electrons. The van der Waals surface area contributed by atoms with E-state index >= 15 is 0 Å². The van der Waals surface area contributed by atoms with Crippen LogP contribution < -0.4 is 5.32 Å². The molecule has 1 saturated heterocycles. The molecule has 1 aromatic carbocycles. The fraction of sp³-hybridized carbons (Fsp3) is 0.571. The summed E-state index contributed by atoms with van der Waals surface area (Å²) in [6, 6.07) is 9.27. The summed E-state index contributed by atoms with van der Waals surface area (Å²) in [6.07, 6.45) is 2.62. The van der Waals surface area contributed by atoms with Gasteiger partial charge in [-0.05, 0) is 51.1 Å². The summed E-state index contributed by atoms with van der Waals surface area (Å²) >= 11 is 5.91. The molecule has 1 fully saturated rings. The van der Waals surface area contributed by atoms with Crippen molar-refractivity contribution in [2.24, 2.45) is 0 Å². The zero-order valence-electron chi connectivity index (χ0n) is 10.6. The van der Waals surface area contributed by atoms with Gasteiger partial charge in [0, 0.05) is 23.7 Å². The van der Waals surface area contributed by atoms with E-state index in [1.807, 2.05) is 12.1 Å². The highest BCUT2D eigenvalue weighted by Crippen LogP contribution is 2.21. The van der Waals surface area contributed by atoms with Gasteiger partial charge in [-0.1, -0.05) is 23.7 Å². The SMILES string of the molecule is CC(c1ccc(Cl)cc1)N(C)C[C@@H]1CCCN1. The number of rotatable bonds is 4. The predicted octanol–water partition coefficient (Wildman–Crippen LogP) is 3.08. The van der Waals surface area contributed by atoms with Crippen LogP contribution in [0, 0.1) is 0 Å². The zero-order valence-corrected chi connectivity index (χ0v) is 11.4. The van der Waals surface area contributed by atoms with E-state index in [0.717, 1.165) is 11.6 Å². The Balaban J connectivity index is 1.93. The lowest BCUT2D eigenvalue weighted by molar-refractivity contribution is 0.238. The molecule has 1 heterocycles. The van der Waals surface area contributed by atoms with Gasteiger partial charge in [-0.25, -0.2) is 0 Å². The Kier molecular flexibility index (Phi) is 4.43. The molecule has 0 bridgehead atoms. The Labute approximate surface area is 109 Å². The molecule has 2 nitrogen and oxygen atoms in total. The summed E-state index contributed by atoms with van der Waals surface area (Å²) < 4.78 is 0. The van der Waals surface area contributed by atoms with Crippen LogP contribution in [0.4, 0.5) is 0 Å². The molecule has 0 saturated carbocycles. The van der Waals surface area contributed by atoms with Gasteiger partial charge in [-0.15, -0.1) is 0 Å². The Hall–Kier alpha value is -0.570. The summed E-state index contributed by atoms with van der Waals surface area (Å²) in [5, 5.41) is 4.35. The second kappa shape index (κ2) is 5.85. The Bertz CT molecular complexity index is 344. The van der Waals surface area contributed by atoms with Crippen LogP contribution in [0.15, 0.2) is 24.3 Å². The van der Waals surface area contributed by atoms with Crippen LogP contribution in [0.2, 0.25) is 5.02 Å². The standard InChI is InChI=1S/C14H21ClN2/c1-11(12-5-7-13(15)8-6-12)17(2)10-14-4-3-9-16-14/h5-8,11,14,16H,3-4,9-10H2,1-2H3/t11?,14-/m0/s1. The molecule has 3 heteroatoms. The molecule has 1 aromatic rings. The van der Waals surface area contributed by atoms with Gasteiger partial charge in [0.15, 0.2) is 0 Å². The van der Waals surface area contributed by atoms with Gasteiger partial charge in [-0.2, -0.15) is 0 Å². The zero-order chi connectivity index (χ0) is 12.3. The Morgan fingerprint density at radius 1 is 1.41 bits per heavy atom. The van der Waals surface area contributed by atoms with Gasteiger partial charge in [0.05, 0.1) is 0 Å². The Morgan fingerprint density at radius 3 is 2.71 bits per heavy atom. The van der Waals surface area contributed by atoms with E-state index in [1.165, 1.54) is 24.9 Å². The number of hydrogen-bond donors (Lipinski definition) is 1. The molecule has 1 unspecified atom stereocenters. The minimum absolute atomic E-state index is 0.440. The minimum Gasteiger partial charge on any atom is -0.313 e. The van der Waals surface area contributed by atoms with E-state index in [9.17, 15) is 0 Å². The third-order valence-electron chi connectivity index (χ3n) is 3.68. The average Bonchev–Trinajstić information content (AvgIpc) is 2.82. The molecule has 1 aliphatic heterocycles. The summed E-state index contributed by atoms with van der Waals surface area (Å²) in [6.45, 7) is 4.54. The second-order valence-corrected chi connectivity index (χ2v) is 5.40. The lowest BCUT2D eigenvalue weighted by Crippen LogP contribution is -2.36. The van der Waals surface area contributed by atoms with Crippen LogP contribution in [0.5, 0.6) is 0 Å². The van der Waals surface area contributed by atoms with E-state index < -0.39 is 0 Å². The van der Waals surface area contributed by atoms with Crippen molar-refractivity contribution >= 4 is 11.6 Å². The molecule has 2 atom stereocenters. The highest BCUT2D eigenvalue weighted by Gasteiger charge is 2.19. The first-order chi connectivity index (χ1) is 8.16. The lowest BCUT2D eigenvalue weighted by atomic mass is 10.1. The van der Waals surface area contributed by atoms with Crippen molar-refractivity contribution < 1.29 is 0 Å². The van der Waals surface area contributed by atoms with Crippen molar-refractivity contribution in [2.45, 2.75) is 31.8 Å². The molecule has 2 rings (SSSR count). The van der Waals surface area contributed by atoms with Gasteiger partial charge in [0.25, 0.3) is 0 Å². The van der Waals surface area contributed by atoms with Crippen molar-refractivity contribution in [1.82, 2.24) is 10.2 Å². The fourth-order valence-corrected chi connectivity index (χ4v) is 2.54. The molecule has 1 aliphatic rings. The van der Waals surface area contributed by atoms with Gasteiger partial charge in [-0.3, -0.25) is 4.90 Å². The molecule has 0 aliphatic carbocycles. The number of nitrogens with zero attached hydrogens (tertiary/aromatic N) is 1. The van der Waals surface area contributed by atoms with Crippen LogP contribution in [-0.2, 0) is 0 Å². The largest absolute Gasteiger partial charge is 0.313 e. The van der Waals surface area contributed by atoms with Crippen LogP contribution in [0.3, 0.4) is 0 Å². The van der Waals surface area contributed by atoms with Crippen LogP contribution >= 0.6 is 11.6 Å². The van der Waals surface area contributed by atoms with Crippen molar-refractivity contribution in [3.63, 3.8) is 0 Å². The number of benzene rings is 1. The number of nitrogens with one attached hydrogen (secondary N) is 1. The Morgan fingerprint density at radius 2 is 2.12 bits per heavy atom. The summed E-state index contributed by atoms with van der Waals surface area (Å²) in [7, 11) is 2.19. The summed E-state index contributed by atoms with van der Waals surface area (Å²) in [4.78, 5) is 2.41. The third kappa shape index (κ3) is 3.44. The second-order valence-electron chi connectivity index (χ2n) is 4.96. The summed E-state index contributed by atoms with van der Waals surface area (Å²) in [5.74, 6) is 0. The molecular weight excluding hydrogens is 232 g/mol. The van der Waals surface area contributed by atoms with Gasteiger partial charge < -0.3 is 5.32 Å². The maximum atomic E-state index is 5.91. The van der Waals surface area contributed by atoms with E-state index in [1.54, 1.807) is 0 Å². The predicted molar refractivity (Wildman–Crippen MR) is 73.5 cm³/mol. The lowest BCUT2D eigenvalue weighted by Gasteiger charge is -2.27. The first-order valence-corrected chi connectivity index (χ1v) is 6.73. The normalized spacial score (nSPS) is 22.0. The van der Waals surface area contributed by atoms with E-state index in [4.69, 9.17) is 11.6 Å². The minimum atomic E-state index is 0.440. The molecule has 1 N–H and O–H groups in total.